The summed E-state index contributed by atoms with van der Waals surface area (Å²) in [6, 6.07) is 7.49. The number of aromatic amines is 1. The number of rotatable bonds is 1. The Morgan fingerprint density at radius 2 is 2.10 bits per heavy atom. The summed E-state index contributed by atoms with van der Waals surface area (Å²) in [7, 11) is 0. The number of fused-ring (bicyclic) bond motifs is 1. The summed E-state index contributed by atoms with van der Waals surface area (Å²) in [5, 5.41) is 6.91. The SMILES string of the molecule is CC(C)(C)c1nc(C(=O)N2CCOc3ccccc32)n[nH]1. The number of para-hydroxylation sites is 2. The number of anilines is 1. The van der Waals surface area contributed by atoms with Gasteiger partial charge in [-0.25, -0.2) is 4.98 Å². The average Bonchev–Trinajstić information content (AvgIpc) is 2.96. The third-order valence-electron chi connectivity index (χ3n) is 3.36. The van der Waals surface area contributed by atoms with Crippen LogP contribution in [0.5, 0.6) is 5.75 Å². The molecule has 110 valence electrons. The van der Waals surface area contributed by atoms with Crippen LogP contribution in [0.15, 0.2) is 24.3 Å². The summed E-state index contributed by atoms with van der Waals surface area (Å²) in [5.41, 5.74) is 0.588. The maximum absolute atomic E-state index is 12.6. The van der Waals surface area contributed by atoms with E-state index in [2.05, 4.69) is 15.2 Å². The second-order valence-corrected chi connectivity index (χ2v) is 6.03. The summed E-state index contributed by atoms with van der Waals surface area (Å²) in [5.74, 6) is 1.39. The first-order valence-corrected chi connectivity index (χ1v) is 6.93. The van der Waals surface area contributed by atoms with Crippen molar-refractivity contribution in [3.05, 3.63) is 35.9 Å². The van der Waals surface area contributed by atoms with E-state index in [9.17, 15) is 4.79 Å². The van der Waals surface area contributed by atoms with Crippen LogP contribution in [-0.2, 0) is 5.41 Å². The van der Waals surface area contributed by atoms with Gasteiger partial charge in [-0.3, -0.25) is 14.8 Å². The van der Waals surface area contributed by atoms with Crippen molar-refractivity contribution in [3.8, 4) is 5.75 Å². The second-order valence-electron chi connectivity index (χ2n) is 6.03. The minimum absolute atomic E-state index is 0.172. The van der Waals surface area contributed by atoms with Crippen molar-refractivity contribution in [2.75, 3.05) is 18.1 Å². The molecule has 0 saturated carbocycles. The average molecular weight is 286 g/mol. The molecule has 0 aliphatic carbocycles. The van der Waals surface area contributed by atoms with Crippen LogP contribution in [0.2, 0.25) is 0 Å². The molecule has 0 bridgehead atoms. The zero-order chi connectivity index (χ0) is 15.0. The molecule has 3 rings (SSSR count). The predicted molar refractivity (Wildman–Crippen MR) is 78.7 cm³/mol. The van der Waals surface area contributed by atoms with Crippen LogP contribution in [-0.4, -0.2) is 34.2 Å². The number of H-pyrrole nitrogens is 1. The van der Waals surface area contributed by atoms with Gasteiger partial charge in [0.15, 0.2) is 0 Å². The van der Waals surface area contributed by atoms with Gasteiger partial charge in [0.2, 0.25) is 5.82 Å². The van der Waals surface area contributed by atoms with Gasteiger partial charge in [0.1, 0.15) is 18.2 Å². The number of benzene rings is 1. The van der Waals surface area contributed by atoms with Gasteiger partial charge >= 0.3 is 0 Å². The highest BCUT2D eigenvalue weighted by Gasteiger charge is 2.28. The molecule has 0 radical (unpaired) electrons. The fourth-order valence-corrected chi connectivity index (χ4v) is 2.19. The Morgan fingerprint density at radius 3 is 2.81 bits per heavy atom. The summed E-state index contributed by atoms with van der Waals surface area (Å²) in [4.78, 5) is 18.6. The molecule has 2 heterocycles. The molecule has 0 spiro atoms. The topological polar surface area (TPSA) is 71.1 Å². The number of aromatic nitrogens is 3. The van der Waals surface area contributed by atoms with E-state index in [0.29, 0.717) is 24.7 Å². The molecular formula is C15H18N4O2. The van der Waals surface area contributed by atoms with Crippen LogP contribution in [0, 0.1) is 0 Å². The first kappa shape index (κ1) is 13.6. The zero-order valence-electron chi connectivity index (χ0n) is 12.4. The lowest BCUT2D eigenvalue weighted by Crippen LogP contribution is -2.38. The van der Waals surface area contributed by atoms with Crippen LogP contribution in [0.3, 0.4) is 0 Å². The van der Waals surface area contributed by atoms with Crippen molar-refractivity contribution in [1.82, 2.24) is 15.2 Å². The Morgan fingerprint density at radius 1 is 1.33 bits per heavy atom. The van der Waals surface area contributed by atoms with E-state index < -0.39 is 0 Å². The largest absolute Gasteiger partial charge is 0.490 e. The molecule has 6 heteroatoms. The predicted octanol–water partition coefficient (Wildman–Crippen LogP) is 2.14. The van der Waals surface area contributed by atoms with Crippen LogP contribution >= 0.6 is 0 Å². The van der Waals surface area contributed by atoms with E-state index in [1.165, 1.54) is 0 Å². The van der Waals surface area contributed by atoms with E-state index in [4.69, 9.17) is 4.74 Å². The quantitative estimate of drug-likeness (QED) is 0.872. The molecule has 0 saturated heterocycles. The van der Waals surface area contributed by atoms with Crippen LogP contribution in [0.1, 0.15) is 37.2 Å². The third-order valence-corrected chi connectivity index (χ3v) is 3.36. The van der Waals surface area contributed by atoms with E-state index in [1.807, 2.05) is 45.0 Å². The van der Waals surface area contributed by atoms with Crippen molar-refractivity contribution in [2.24, 2.45) is 0 Å². The minimum Gasteiger partial charge on any atom is -0.490 e. The van der Waals surface area contributed by atoms with Crippen molar-refractivity contribution in [3.63, 3.8) is 0 Å². The molecule has 1 aromatic heterocycles. The lowest BCUT2D eigenvalue weighted by Gasteiger charge is -2.28. The number of hydrogen-bond donors (Lipinski definition) is 1. The Labute approximate surface area is 123 Å². The van der Waals surface area contributed by atoms with Crippen molar-refractivity contribution in [2.45, 2.75) is 26.2 Å². The highest BCUT2D eigenvalue weighted by molar-refractivity contribution is 6.04. The van der Waals surface area contributed by atoms with Gasteiger partial charge in [0.05, 0.1) is 12.2 Å². The number of nitrogens with one attached hydrogen (secondary N) is 1. The number of nitrogens with zero attached hydrogens (tertiary/aromatic N) is 3. The van der Waals surface area contributed by atoms with E-state index in [-0.39, 0.29) is 17.1 Å². The van der Waals surface area contributed by atoms with Crippen molar-refractivity contribution >= 4 is 11.6 Å². The van der Waals surface area contributed by atoms with Crippen molar-refractivity contribution in [1.29, 1.82) is 0 Å². The summed E-state index contributed by atoms with van der Waals surface area (Å²) >= 11 is 0. The molecule has 1 aromatic carbocycles. The number of carbonyl (C=O) groups excluding carboxylic acids is 1. The molecule has 2 aromatic rings. The Hall–Kier alpha value is -2.37. The van der Waals surface area contributed by atoms with E-state index in [1.54, 1.807) is 4.90 Å². The monoisotopic (exact) mass is 286 g/mol. The molecule has 0 unspecified atom stereocenters. The molecule has 1 aliphatic rings. The lowest BCUT2D eigenvalue weighted by atomic mass is 9.96. The molecule has 1 amide bonds. The van der Waals surface area contributed by atoms with E-state index in [0.717, 1.165) is 5.69 Å². The summed E-state index contributed by atoms with van der Waals surface area (Å²) in [6.45, 7) is 7.03. The number of ether oxygens (including phenoxy) is 1. The Kier molecular flexibility index (Phi) is 3.16. The third kappa shape index (κ3) is 2.49. The van der Waals surface area contributed by atoms with Crippen LogP contribution in [0.4, 0.5) is 5.69 Å². The summed E-state index contributed by atoms with van der Waals surface area (Å²) in [6.07, 6.45) is 0. The standard InChI is InChI=1S/C15H18N4O2/c1-15(2,3)14-16-12(17-18-14)13(20)19-8-9-21-11-7-5-4-6-10(11)19/h4-7H,8-9H2,1-3H3,(H,16,17,18). The first-order chi connectivity index (χ1) is 9.97. The molecule has 0 atom stereocenters. The van der Waals surface area contributed by atoms with E-state index >= 15 is 0 Å². The normalized spacial score (nSPS) is 14.5. The molecule has 21 heavy (non-hydrogen) atoms. The van der Waals surface area contributed by atoms with Crippen molar-refractivity contribution < 1.29 is 9.53 Å². The number of amides is 1. The fraction of sp³-hybridized carbons (Fsp3) is 0.400. The summed E-state index contributed by atoms with van der Waals surface area (Å²) < 4.78 is 5.56. The van der Waals surface area contributed by atoms with Gasteiger partial charge in [0.25, 0.3) is 5.91 Å². The second kappa shape index (κ2) is 4.87. The van der Waals surface area contributed by atoms with Gasteiger partial charge < -0.3 is 4.74 Å². The molecule has 1 N–H and O–H groups in total. The van der Waals surface area contributed by atoms with Crippen LogP contribution < -0.4 is 9.64 Å². The molecular weight excluding hydrogens is 268 g/mol. The van der Waals surface area contributed by atoms with Gasteiger partial charge in [-0.1, -0.05) is 32.9 Å². The van der Waals surface area contributed by atoms with Gasteiger partial charge in [-0.05, 0) is 12.1 Å². The van der Waals surface area contributed by atoms with Crippen LogP contribution in [0.25, 0.3) is 0 Å². The minimum atomic E-state index is -0.211. The molecule has 1 aliphatic heterocycles. The Bertz CT molecular complexity index is 672. The highest BCUT2D eigenvalue weighted by atomic mass is 16.5. The number of carbonyl (C=O) groups is 1. The first-order valence-electron chi connectivity index (χ1n) is 6.93. The Balaban J connectivity index is 1.92. The zero-order valence-corrected chi connectivity index (χ0v) is 12.4. The maximum Gasteiger partial charge on any atom is 0.298 e. The van der Waals surface area contributed by atoms with Gasteiger partial charge in [-0.2, -0.15) is 0 Å². The molecule has 6 nitrogen and oxygen atoms in total. The maximum atomic E-state index is 12.6. The lowest BCUT2D eigenvalue weighted by molar-refractivity contribution is 0.0967. The smallest absolute Gasteiger partial charge is 0.298 e. The fourth-order valence-electron chi connectivity index (χ4n) is 2.19. The highest BCUT2D eigenvalue weighted by Crippen LogP contribution is 2.31. The molecule has 0 fully saturated rings. The number of hydrogen-bond acceptors (Lipinski definition) is 4. The van der Waals surface area contributed by atoms with Gasteiger partial charge in [0, 0.05) is 5.41 Å². The van der Waals surface area contributed by atoms with Gasteiger partial charge in [-0.15, -0.1) is 5.10 Å².